The zero-order valence-corrected chi connectivity index (χ0v) is 11.1. The molecule has 1 amide bonds. The smallest absolute Gasteiger partial charge is 0.285 e. The van der Waals surface area contributed by atoms with E-state index in [2.05, 4.69) is 12.1 Å². The van der Waals surface area contributed by atoms with Crippen LogP contribution in [0.5, 0.6) is 0 Å². The molecule has 1 aliphatic heterocycles. The Morgan fingerprint density at radius 3 is 2.45 bits per heavy atom. The molecule has 0 unspecified atom stereocenters. The molecule has 1 aliphatic rings. The summed E-state index contributed by atoms with van der Waals surface area (Å²) in [5.41, 5.74) is 3.47. The molecule has 0 atom stereocenters. The predicted molar refractivity (Wildman–Crippen MR) is 77.7 cm³/mol. The lowest BCUT2D eigenvalue weighted by molar-refractivity contribution is -0.111. The Labute approximate surface area is 117 Å². The molecule has 2 aromatic carbocycles. The van der Waals surface area contributed by atoms with Crippen LogP contribution in [-0.2, 0) is 11.2 Å². The van der Waals surface area contributed by atoms with Crippen LogP contribution >= 0.6 is 0 Å². The number of amides is 1. The predicted octanol–water partition coefficient (Wildman–Crippen LogP) is 3.11. The zero-order chi connectivity index (χ0) is 14.1. The van der Waals surface area contributed by atoms with E-state index in [4.69, 9.17) is 5.21 Å². The molecule has 0 saturated carbocycles. The monoisotopic (exact) mass is 266 g/mol. The van der Waals surface area contributed by atoms with Gasteiger partial charge in [-0.15, -0.1) is 0 Å². The van der Waals surface area contributed by atoms with Crippen LogP contribution in [0.15, 0.2) is 53.7 Å². The maximum Gasteiger partial charge on any atom is 0.285 e. The van der Waals surface area contributed by atoms with Gasteiger partial charge in [-0.3, -0.25) is 9.69 Å². The van der Waals surface area contributed by atoms with Gasteiger partial charge in [0.25, 0.3) is 5.91 Å². The standard InChI is InChI=1S/C16H14N2O2/c1-2-11-7-9-12(10-8-11)18-14-6-4-3-5-13(14)15(17-20)16(18)19/h3-10,20H,2H2,1H3/b17-15+. The Hall–Kier alpha value is -2.62. The average Bonchev–Trinajstić information content (AvgIpc) is 2.79. The molecule has 0 bridgehead atoms. The fourth-order valence-corrected chi connectivity index (χ4v) is 2.43. The van der Waals surface area contributed by atoms with Crippen LogP contribution in [0.3, 0.4) is 0 Å². The summed E-state index contributed by atoms with van der Waals surface area (Å²) in [5, 5.41) is 12.2. The second-order valence-corrected chi connectivity index (χ2v) is 4.63. The van der Waals surface area contributed by atoms with Crippen LogP contribution < -0.4 is 4.90 Å². The number of aryl methyl sites for hydroxylation is 1. The fourth-order valence-electron chi connectivity index (χ4n) is 2.43. The Morgan fingerprint density at radius 2 is 1.80 bits per heavy atom. The Balaban J connectivity index is 2.11. The minimum Gasteiger partial charge on any atom is -0.410 e. The normalized spacial score (nSPS) is 15.8. The second-order valence-electron chi connectivity index (χ2n) is 4.63. The number of nitrogens with zero attached hydrogens (tertiary/aromatic N) is 2. The van der Waals surface area contributed by atoms with E-state index in [0.717, 1.165) is 17.8 Å². The minimum atomic E-state index is -0.307. The highest BCUT2D eigenvalue weighted by Gasteiger charge is 2.35. The van der Waals surface area contributed by atoms with E-state index in [1.165, 1.54) is 5.56 Å². The summed E-state index contributed by atoms with van der Waals surface area (Å²) in [6, 6.07) is 15.1. The lowest BCUT2D eigenvalue weighted by atomic mass is 10.1. The summed E-state index contributed by atoms with van der Waals surface area (Å²) >= 11 is 0. The molecular formula is C16H14N2O2. The number of fused-ring (bicyclic) bond motifs is 1. The lowest BCUT2D eigenvalue weighted by Crippen LogP contribution is -2.25. The summed E-state index contributed by atoms with van der Waals surface area (Å²) in [5.74, 6) is -0.307. The number of carbonyl (C=O) groups excluding carboxylic acids is 1. The maximum atomic E-state index is 12.4. The topological polar surface area (TPSA) is 52.9 Å². The summed E-state index contributed by atoms with van der Waals surface area (Å²) in [6.45, 7) is 2.09. The van der Waals surface area contributed by atoms with Gasteiger partial charge >= 0.3 is 0 Å². The van der Waals surface area contributed by atoms with Crippen LogP contribution in [0.1, 0.15) is 18.1 Å². The highest BCUT2D eigenvalue weighted by Crippen LogP contribution is 2.35. The third-order valence-corrected chi connectivity index (χ3v) is 3.51. The lowest BCUT2D eigenvalue weighted by Gasteiger charge is -2.17. The summed E-state index contributed by atoms with van der Waals surface area (Å²) < 4.78 is 0. The van der Waals surface area contributed by atoms with Gasteiger partial charge in [0, 0.05) is 11.3 Å². The molecule has 0 aliphatic carbocycles. The van der Waals surface area contributed by atoms with Crippen molar-refractivity contribution in [3.8, 4) is 0 Å². The van der Waals surface area contributed by atoms with Crippen molar-refractivity contribution in [2.24, 2.45) is 5.16 Å². The number of carbonyl (C=O) groups is 1. The molecular weight excluding hydrogens is 252 g/mol. The van der Waals surface area contributed by atoms with E-state index in [1.54, 1.807) is 11.0 Å². The third-order valence-electron chi connectivity index (χ3n) is 3.51. The molecule has 1 N–H and O–H groups in total. The van der Waals surface area contributed by atoms with Gasteiger partial charge in [-0.2, -0.15) is 0 Å². The van der Waals surface area contributed by atoms with Crippen LogP contribution in [-0.4, -0.2) is 16.8 Å². The van der Waals surface area contributed by atoms with E-state index in [-0.39, 0.29) is 11.6 Å². The number of hydrogen-bond donors (Lipinski definition) is 1. The van der Waals surface area contributed by atoms with Crippen molar-refractivity contribution < 1.29 is 10.0 Å². The highest BCUT2D eigenvalue weighted by atomic mass is 16.4. The van der Waals surface area contributed by atoms with Crippen molar-refractivity contribution in [2.45, 2.75) is 13.3 Å². The number of para-hydroxylation sites is 1. The van der Waals surface area contributed by atoms with Crippen LogP contribution in [0.2, 0.25) is 0 Å². The van der Waals surface area contributed by atoms with Gasteiger partial charge < -0.3 is 5.21 Å². The first-order valence-corrected chi connectivity index (χ1v) is 6.51. The molecule has 0 spiro atoms. The van der Waals surface area contributed by atoms with E-state index < -0.39 is 0 Å². The van der Waals surface area contributed by atoms with Crippen molar-refractivity contribution in [3.63, 3.8) is 0 Å². The zero-order valence-electron chi connectivity index (χ0n) is 11.1. The molecule has 4 heteroatoms. The van der Waals surface area contributed by atoms with Crippen molar-refractivity contribution in [3.05, 3.63) is 59.7 Å². The van der Waals surface area contributed by atoms with Gasteiger partial charge in [0.05, 0.1) is 5.69 Å². The molecule has 20 heavy (non-hydrogen) atoms. The van der Waals surface area contributed by atoms with Crippen molar-refractivity contribution in [1.29, 1.82) is 0 Å². The van der Waals surface area contributed by atoms with Gasteiger partial charge in [-0.05, 0) is 30.2 Å². The Bertz CT molecular complexity index is 690. The molecule has 0 radical (unpaired) electrons. The molecule has 0 aromatic heterocycles. The van der Waals surface area contributed by atoms with Crippen LogP contribution in [0.25, 0.3) is 0 Å². The number of anilines is 2. The molecule has 0 saturated heterocycles. The van der Waals surface area contributed by atoms with E-state index in [0.29, 0.717) is 5.56 Å². The first kappa shape index (κ1) is 12.4. The van der Waals surface area contributed by atoms with Crippen LogP contribution in [0, 0.1) is 0 Å². The number of oxime groups is 1. The van der Waals surface area contributed by atoms with E-state index in [1.807, 2.05) is 42.5 Å². The molecule has 100 valence electrons. The quantitative estimate of drug-likeness (QED) is 0.670. The molecule has 2 aromatic rings. The summed E-state index contributed by atoms with van der Waals surface area (Å²) in [7, 11) is 0. The summed E-state index contributed by atoms with van der Waals surface area (Å²) in [4.78, 5) is 14.0. The molecule has 0 fully saturated rings. The van der Waals surface area contributed by atoms with Gasteiger partial charge in [0.1, 0.15) is 0 Å². The Morgan fingerprint density at radius 1 is 1.10 bits per heavy atom. The number of rotatable bonds is 2. The number of benzene rings is 2. The SMILES string of the molecule is CCc1ccc(N2C(=O)/C(=N/O)c3ccccc32)cc1. The highest BCUT2D eigenvalue weighted by molar-refractivity contribution is 6.55. The van der Waals surface area contributed by atoms with Gasteiger partial charge in [0.2, 0.25) is 0 Å². The van der Waals surface area contributed by atoms with Crippen molar-refractivity contribution >= 4 is 23.0 Å². The molecule has 3 rings (SSSR count). The maximum absolute atomic E-state index is 12.4. The van der Waals surface area contributed by atoms with E-state index in [9.17, 15) is 4.79 Å². The van der Waals surface area contributed by atoms with Crippen LogP contribution in [0.4, 0.5) is 11.4 Å². The van der Waals surface area contributed by atoms with Gasteiger partial charge in [-0.1, -0.05) is 42.4 Å². The Kier molecular flexibility index (Phi) is 2.99. The third kappa shape index (κ3) is 1.77. The van der Waals surface area contributed by atoms with Gasteiger partial charge in [-0.25, -0.2) is 0 Å². The number of hydrogen-bond acceptors (Lipinski definition) is 3. The summed E-state index contributed by atoms with van der Waals surface area (Å²) in [6.07, 6.45) is 0.953. The first-order valence-electron chi connectivity index (χ1n) is 6.51. The largest absolute Gasteiger partial charge is 0.410 e. The molecule has 4 nitrogen and oxygen atoms in total. The first-order chi connectivity index (χ1) is 9.76. The molecule has 1 heterocycles. The van der Waals surface area contributed by atoms with E-state index >= 15 is 0 Å². The fraction of sp³-hybridized carbons (Fsp3) is 0.125. The minimum absolute atomic E-state index is 0.0835. The average molecular weight is 266 g/mol. The van der Waals surface area contributed by atoms with Gasteiger partial charge in [0.15, 0.2) is 5.71 Å². The van der Waals surface area contributed by atoms with Crippen molar-refractivity contribution in [2.75, 3.05) is 4.90 Å². The van der Waals surface area contributed by atoms with Crippen molar-refractivity contribution in [1.82, 2.24) is 0 Å². The second kappa shape index (κ2) is 4.81.